The van der Waals surface area contributed by atoms with Gasteiger partial charge in [0.25, 0.3) is 0 Å². The van der Waals surface area contributed by atoms with Crippen molar-refractivity contribution in [2.75, 3.05) is 48.9 Å². The number of aromatic nitrogens is 2. The van der Waals surface area contributed by atoms with Gasteiger partial charge in [-0.2, -0.15) is 0 Å². The summed E-state index contributed by atoms with van der Waals surface area (Å²) in [6.45, 7) is 3.95. The molecular weight excluding hydrogens is 409 g/mol. The predicted octanol–water partition coefficient (Wildman–Crippen LogP) is 2.28. The molecule has 10 heteroatoms. The molecular formula is C20H28FN5O3S. The van der Waals surface area contributed by atoms with Crippen LogP contribution < -0.4 is 20.3 Å². The summed E-state index contributed by atoms with van der Waals surface area (Å²) in [7, 11) is -1.36. The maximum Gasteiger partial charge on any atom is 0.221 e. The highest BCUT2D eigenvalue weighted by Crippen LogP contribution is 2.28. The molecule has 0 amide bonds. The van der Waals surface area contributed by atoms with Gasteiger partial charge in [0, 0.05) is 25.5 Å². The molecule has 1 aliphatic rings. The quantitative estimate of drug-likeness (QED) is 0.649. The molecule has 1 saturated heterocycles. The number of piperidine rings is 1. The third-order valence-electron chi connectivity index (χ3n) is 5.05. The Morgan fingerprint density at radius 3 is 2.70 bits per heavy atom. The minimum absolute atomic E-state index is 0.00504. The molecule has 8 nitrogen and oxygen atoms in total. The summed E-state index contributed by atoms with van der Waals surface area (Å²) in [6.07, 6.45) is 4.51. The zero-order valence-corrected chi connectivity index (χ0v) is 18.3. The topological polar surface area (TPSA) is 96.5 Å². The molecule has 2 N–H and O–H groups in total. The molecule has 2 heterocycles. The van der Waals surface area contributed by atoms with Crippen molar-refractivity contribution >= 4 is 27.0 Å². The van der Waals surface area contributed by atoms with Crippen LogP contribution in [0.2, 0.25) is 0 Å². The molecule has 0 atom stereocenters. The molecule has 1 fully saturated rings. The van der Waals surface area contributed by atoms with Gasteiger partial charge in [0.05, 0.1) is 17.0 Å². The fourth-order valence-electron chi connectivity index (χ4n) is 3.15. The fourth-order valence-corrected chi connectivity index (χ4v) is 3.76. The van der Waals surface area contributed by atoms with Crippen molar-refractivity contribution in [1.82, 2.24) is 15.3 Å². The maximum absolute atomic E-state index is 14.7. The standard InChI is InChI=1S/C20H28FN5O3S/c1-14-19(23-13-24-20(14)29-16-6-8-22-9-7-16)25-18-5-4-15(12-17(18)21)26(2)10-11-30(3,27)28/h4-5,12-13,16,22H,6-11H2,1-3H3,(H,23,24,25). The molecule has 1 aromatic carbocycles. The minimum atomic E-state index is -3.08. The van der Waals surface area contributed by atoms with E-state index in [0.717, 1.165) is 25.9 Å². The van der Waals surface area contributed by atoms with Crippen LogP contribution in [0.25, 0.3) is 0 Å². The Labute approximate surface area is 176 Å². The normalized spacial score (nSPS) is 15.1. The largest absolute Gasteiger partial charge is 0.474 e. The smallest absolute Gasteiger partial charge is 0.221 e. The van der Waals surface area contributed by atoms with Crippen molar-refractivity contribution in [3.05, 3.63) is 35.9 Å². The number of ether oxygens (including phenoxy) is 1. The van der Waals surface area contributed by atoms with E-state index >= 15 is 0 Å². The lowest BCUT2D eigenvalue weighted by molar-refractivity contribution is 0.154. The zero-order valence-electron chi connectivity index (χ0n) is 17.5. The van der Waals surface area contributed by atoms with Crippen LogP contribution in [-0.4, -0.2) is 63.2 Å². The van der Waals surface area contributed by atoms with Crippen LogP contribution in [0.5, 0.6) is 5.88 Å². The highest BCUT2D eigenvalue weighted by molar-refractivity contribution is 7.90. The van der Waals surface area contributed by atoms with Gasteiger partial charge in [-0.05, 0) is 51.1 Å². The molecule has 1 aromatic heterocycles. The molecule has 2 aromatic rings. The third kappa shape index (κ3) is 6.02. The molecule has 0 unspecified atom stereocenters. The second-order valence-corrected chi connectivity index (χ2v) is 9.82. The van der Waals surface area contributed by atoms with E-state index in [4.69, 9.17) is 4.74 Å². The molecule has 164 valence electrons. The van der Waals surface area contributed by atoms with E-state index in [0.29, 0.717) is 22.9 Å². The Kier molecular flexibility index (Phi) is 7.09. The van der Waals surface area contributed by atoms with Crippen LogP contribution >= 0.6 is 0 Å². The highest BCUT2D eigenvalue weighted by Gasteiger charge is 2.18. The SMILES string of the molecule is Cc1c(Nc2ccc(N(C)CCS(C)(=O)=O)cc2F)ncnc1OC1CCNCC1. The van der Waals surface area contributed by atoms with Crippen LogP contribution in [0.4, 0.5) is 21.6 Å². The number of anilines is 3. The molecule has 1 aliphatic heterocycles. The summed E-state index contributed by atoms with van der Waals surface area (Å²) < 4.78 is 43.4. The number of sulfone groups is 1. The lowest BCUT2D eigenvalue weighted by Crippen LogP contribution is -2.34. The maximum atomic E-state index is 14.7. The average Bonchev–Trinajstić information content (AvgIpc) is 2.70. The van der Waals surface area contributed by atoms with Gasteiger partial charge in [0.1, 0.15) is 33.9 Å². The number of benzene rings is 1. The number of hydrogen-bond donors (Lipinski definition) is 2. The van der Waals surface area contributed by atoms with E-state index in [1.54, 1.807) is 24.1 Å². The average molecular weight is 438 g/mol. The summed E-state index contributed by atoms with van der Waals surface area (Å²) in [5.41, 5.74) is 1.57. The summed E-state index contributed by atoms with van der Waals surface area (Å²) in [5.74, 6) is 0.519. The predicted molar refractivity (Wildman–Crippen MR) is 116 cm³/mol. The Hall–Kier alpha value is -2.46. The summed E-state index contributed by atoms with van der Waals surface area (Å²) in [4.78, 5) is 10.2. The van der Waals surface area contributed by atoms with Crippen molar-refractivity contribution in [2.24, 2.45) is 0 Å². The fraction of sp³-hybridized carbons (Fsp3) is 0.500. The van der Waals surface area contributed by atoms with E-state index in [1.807, 2.05) is 6.92 Å². The second kappa shape index (κ2) is 9.57. The monoisotopic (exact) mass is 437 g/mol. The lowest BCUT2D eigenvalue weighted by atomic mass is 10.1. The Morgan fingerprint density at radius 2 is 2.03 bits per heavy atom. The van der Waals surface area contributed by atoms with Gasteiger partial charge in [-0.1, -0.05) is 0 Å². The minimum Gasteiger partial charge on any atom is -0.474 e. The molecule has 0 bridgehead atoms. The van der Waals surface area contributed by atoms with Crippen molar-refractivity contribution in [2.45, 2.75) is 25.9 Å². The Morgan fingerprint density at radius 1 is 1.30 bits per heavy atom. The van der Waals surface area contributed by atoms with E-state index < -0.39 is 15.7 Å². The first-order chi connectivity index (χ1) is 14.2. The van der Waals surface area contributed by atoms with Crippen LogP contribution in [0.1, 0.15) is 18.4 Å². The molecule has 30 heavy (non-hydrogen) atoms. The van der Waals surface area contributed by atoms with Crippen molar-refractivity contribution in [1.29, 1.82) is 0 Å². The van der Waals surface area contributed by atoms with Gasteiger partial charge in [0.2, 0.25) is 5.88 Å². The first-order valence-corrected chi connectivity index (χ1v) is 11.9. The van der Waals surface area contributed by atoms with Crippen molar-refractivity contribution < 1.29 is 17.5 Å². The Balaban J connectivity index is 1.70. The first-order valence-electron chi connectivity index (χ1n) is 9.87. The van der Waals surface area contributed by atoms with Crippen molar-refractivity contribution in [3.63, 3.8) is 0 Å². The summed E-state index contributed by atoms with van der Waals surface area (Å²) in [5, 5.41) is 6.30. The second-order valence-electron chi connectivity index (χ2n) is 7.56. The van der Waals surface area contributed by atoms with Crippen molar-refractivity contribution in [3.8, 4) is 5.88 Å². The van der Waals surface area contributed by atoms with E-state index in [1.165, 1.54) is 18.6 Å². The number of halogens is 1. The van der Waals surface area contributed by atoms with Gasteiger partial charge in [-0.3, -0.25) is 0 Å². The molecule has 0 aliphatic carbocycles. The van der Waals surface area contributed by atoms with E-state index in [9.17, 15) is 12.8 Å². The number of rotatable bonds is 8. The van der Waals surface area contributed by atoms with Crippen LogP contribution in [0.3, 0.4) is 0 Å². The van der Waals surface area contributed by atoms with Gasteiger partial charge >= 0.3 is 0 Å². The van der Waals surface area contributed by atoms with Gasteiger partial charge in [-0.25, -0.2) is 22.8 Å². The third-order valence-corrected chi connectivity index (χ3v) is 5.97. The van der Waals surface area contributed by atoms with Gasteiger partial charge in [-0.15, -0.1) is 0 Å². The summed E-state index contributed by atoms with van der Waals surface area (Å²) in [6, 6.07) is 4.71. The Bertz CT molecular complexity index is 980. The lowest BCUT2D eigenvalue weighted by Gasteiger charge is -2.24. The highest BCUT2D eigenvalue weighted by atomic mass is 32.2. The molecule has 3 rings (SSSR count). The number of nitrogens with one attached hydrogen (secondary N) is 2. The van der Waals surface area contributed by atoms with Crippen LogP contribution in [-0.2, 0) is 9.84 Å². The van der Waals surface area contributed by atoms with E-state index in [2.05, 4.69) is 20.6 Å². The van der Waals surface area contributed by atoms with Gasteiger partial charge < -0.3 is 20.3 Å². The molecule has 0 radical (unpaired) electrons. The number of hydrogen-bond acceptors (Lipinski definition) is 8. The zero-order chi connectivity index (χ0) is 21.7. The molecule has 0 spiro atoms. The summed E-state index contributed by atoms with van der Waals surface area (Å²) >= 11 is 0. The molecule has 0 saturated carbocycles. The van der Waals surface area contributed by atoms with Gasteiger partial charge in [0.15, 0.2) is 0 Å². The van der Waals surface area contributed by atoms with E-state index in [-0.39, 0.29) is 24.1 Å². The van der Waals surface area contributed by atoms with Crippen LogP contribution in [0, 0.1) is 12.7 Å². The van der Waals surface area contributed by atoms with Crippen LogP contribution in [0.15, 0.2) is 24.5 Å². The first kappa shape index (κ1) is 22.2. The number of nitrogens with zero attached hydrogens (tertiary/aromatic N) is 3.